The quantitative estimate of drug-likeness (QED) is 0.458. The molecule has 1 aromatic rings. The summed E-state index contributed by atoms with van der Waals surface area (Å²) in [4.78, 5) is 4.23. The molecule has 0 saturated heterocycles. The number of hydrogen-bond acceptors (Lipinski definition) is 2. The number of rotatable bonds is 7. The molecule has 6 heteroatoms. The van der Waals surface area contributed by atoms with Crippen molar-refractivity contribution >= 4 is 5.96 Å². The molecule has 0 spiro atoms. The first-order chi connectivity index (χ1) is 9.67. The first-order valence-corrected chi connectivity index (χ1v) is 6.62. The van der Waals surface area contributed by atoms with E-state index in [1.165, 1.54) is 0 Å². The van der Waals surface area contributed by atoms with E-state index in [4.69, 9.17) is 4.74 Å². The molecule has 1 rings (SSSR count). The number of hydrogen-bond donors (Lipinski definition) is 2. The van der Waals surface area contributed by atoms with Crippen molar-refractivity contribution in [2.24, 2.45) is 4.99 Å². The zero-order chi connectivity index (χ0) is 14.8. The third-order valence-corrected chi connectivity index (χ3v) is 2.58. The normalized spacial score (nSPS) is 11.5. The van der Waals surface area contributed by atoms with Gasteiger partial charge in [-0.3, -0.25) is 0 Å². The smallest absolute Gasteiger partial charge is 0.191 e. The van der Waals surface area contributed by atoms with E-state index in [2.05, 4.69) is 15.6 Å². The van der Waals surface area contributed by atoms with Crippen LogP contribution in [0.4, 0.5) is 8.78 Å². The molecular weight excluding hydrogens is 264 g/mol. The van der Waals surface area contributed by atoms with Crippen molar-refractivity contribution < 1.29 is 13.5 Å². The summed E-state index contributed by atoms with van der Waals surface area (Å²) in [6, 6.07) is 3.36. The van der Waals surface area contributed by atoms with Crippen molar-refractivity contribution in [1.82, 2.24) is 10.6 Å². The highest BCUT2D eigenvalue weighted by atomic mass is 19.1. The van der Waals surface area contributed by atoms with Gasteiger partial charge in [-0.15, -0.1) is 0 Å². The number of methoxy groups -OCH3 is 1. The van der Waals surface area contributed by atoms with Crippen LogP contribution in [0.2, 0.25) is 0 Å². The van der Waals surface area contributed by atoms with Gasteiger partial charge in [-0.2, -0.15) is 0 Å². The van der Waals surface area contributed by atoms with Crippen molar-refractivity contribution in [3.05, 3.63) is 35.4 Å². The van der Waals surface area contributed by atoms with E-state index >= 15 is 0 Å². The van der Waals surface area contributed by atoms with E-state index in [-0.39, 0.29) is 12.1 Å². The standard InChI is InChI=1S/C14H21F2N3O/c1-3-17-14(18-7-4-8-20-2)19-10-11-9-12(15)5-6-13(11)16/h5-6,9H,3-4,7-8,10H2,1-2H3,(H2,17,18,19). The molecule has 0 atom stereocenters. The molecule has 0 heterocycles. The molecule has 20 heavy (non-hydrogen) atoms. The summed E-state index contributed by atoms with van der Waals surface area (Å²) in [7, 11) is 1.64. The Labute approximate surface area is 118 Å². The molecule has 0 fully saturated rings. The molecule has 0 aliphatic carbocycles. The largest absolute Gasteiger partial charge is 0.385 e. The van der Waals surface area contributed by atoms with Gasteiger partial charge in [0.05, 0.1) is 6.54 Å². The number of nitrogens with zero attached hydrogens (tertiary/aromatic N) is 1. The lowest BCUT2D eigenvalue weighted by molar-refractivity contribution is 0.195. The molecule has 0 aliphatic rings. The summed E-state index contributed by atoms with van der Waals surface area (Å²) in [6.45, 7) is 4.08. The maximum absolute atomic E-state index is 13.5. The summed E-state index contributed by atoms with van der Waals surface area (Å²) in [5.74, 6) is -0.340. The Morgan fingerprint density at radius 3 is 2.80 bits per heavy atom. The minimum absolute atomic E-state index is 0.0865. The van der Waals surface area contributed by atoms with Crippen LogP contribution in [0.1, 0.15) is 18.9 Å². The SMILES string of the molecule is CCNC(=NCc1cc(F)ccc1F)NCCCOC. The van der Waals surface area contributed by atoms with E-state index in [0.717, 1.165) is 24.6 Å². The fraction of sp³-hybridized carbons (Fsp3) is 0.500. The van der Waals surface area contributed by atoms with Crippen molar-refractivity contribution in [3.8, 4) is 0 Å². The average molecular weight is 285 g/mol. The molecule has 0 saturated carbocycles. The maximum atomic E-state index is 13.5. The molecule has 0 radical (unpaired) electrons. The second-order valence-electron chi connectivity index (χ2n) is 4.20. The third kappa shape index (κ3) is 5.97. The second-order valence-corrected chi connectivity index (χ2v) is 4.20. The second kappa shape index (κ2) is 9.25. The van der Waals surface area contributed by atoms with Gasteiger partial charge in [-0.25, -0.2) is 13.8 Å². The van der Waals surface area contributed by atoms with Gasteiger partial charge in [-0.1, -0.05) is 0 Å². The molecule has 4 nitrogen and oxygen atoms in total. The van der Waals surface area contributed by atoms with Gasteiger partial charge in [0, 0.05) is 32.4 Å². The fourth-order valence-corrected chi connectivity index (χ4v) is 1.59. The van der Waals surface area contributed by atoms with Crippen LogP contribution < -0.4 is 10.6 Å². The molecule has 112 valence electrons. The molecular formula is C14H21F2N3O. The van der Waals surface area contributed by atoms with Crippen LogP contribution in [-0.2, 0) is 11.3 Å². The molecule has 1 aromatic carbocycles. The van der Waals surface area contributed by atoms with E-state index in [1.54, 1.807) is 7.11 Å². The monoisotopic (exact) mass is 285 g/mol. The summed E-state index contributed by atoms with van der Waals surface area (Å²) < 4.78 is 31.5. The van der Waals surface area contributed by atoms with E-state index < -0.39 is 11.6 Å². The van der Waals surface area contributed by atoms with Crippen molar-refractivity contribution in [2.75, 3.05) is 26.8 Å². The topological polar surface area (TPSA) is 45.7 Å². The number of guanidine groups is 1. The summed E-state index contributed by atoms with van der Waals surface area (Å²) in [5.41, 5.74) is 0.235. The Morgan fingerprint density at radius 1 is 1.30 bits per heavy atom. The van der Waals surface area contributed by atoms with Gasteiger partial charge in [0.2, 0.25) is 0 Å². The van der Waals surface area contributed by atoms with Crippen LogP contribution >= 0.6 is 0 Å². The number of nitrogens with one attached hydrogen (secondary N) is 2. The third-order valence-electron chi connectivity index (χ3n) is 2.58. The summed E-state index contributed by atoms with van der Waals surface area (Å²) >= 11 is 0. The minimum Gasteiger partial charge on any atom is -0.385 e. The van der Waals surface area contributed by atoms with Gasteiger partial charge in [0.25, 0.3) is 0 Å². The molecule has 0 unspecified atom stereocenters. The van der Waals surface area contributed by atoms with Gasteiger partial charge in [0.15, 0.2) is 5.96 Å². The van der Waals surface area contributed by atoms with Crippen LogP contribution in [-0.4, -0.2) is 32.8 Å². The molecule has 0 aliphatic heterocycles. The molecule has 0 bridgehead atoms. The average Bonchev–Trinajstić information content (AvgIpc) is 2.44. The Morgan fingerprint density at radius 2 is 2.10 bits per heavy atom. The summed E-state index contributed by atoms with van der Waals surface area (Å²) in [5, 5.41) is 6.15. The van der Waals surface area contributed by atoms with E-state index in [1.807, 2.05) is 6.92 Å². The maximum Gasteiger partial charge on any atom is 0.191 e. The first-order valence-electron chi connectivity index (χ1n) is 6.62. The number of aliphatic imine (C=N–C) groups is 1. The zero-order valence-corrected chi connectivity index (χ0v) is 11.9. The highest BCUT2D eigenvalue weighted by Crippen LogP contribution is 2.10. The fourth-order valence-electron chi connectivity index (χ4n) is 1.59. The zero-order valence-electron chi connectivity index (χ0n) is 11.9. The van der Waals surface area contributed by atoms with E-state index in [9.17, 15) is 8.78 Å². The van der Waals surface area contributed by atoms with Crippen molar-refractivity contribution in [2.45, 2.75) is 19.9 Å². The van der Waals surface area contributed by atoms with Crippen LogP contribution in [0.3, 0.4) is 0 Å². The lowest BCUT2D eigenvalue weighted by atomic mass is 10.2. The first kappa shape index (κ1) is 16.4. The van der Waals surface area contributed by atoms with Crippen LogP contribution in [0.25, 0.3) is 0 Å². The van der Waals surface area contributed by atoms with Crippen molar-refractivity contribution in [1.29, 1.82) is 0 Å². The van der Waals surface area contributed by atoms with E-state index in [0.29, 0.717) is 25.7 Å². The highest BCUT2D eigenvalue weighted by Gasteiger charge is 2.04. The van der Waals surface area contributed by atoms with Crippen molar-refractivity contribution in [3.63, 3.8) is 0 Å². The van der Waals surface area contributed by atoms with Crippen LogP contribution in [0, 0.1) is 11.6 Å². The molecule has 0 aromatic heterocycles. The van der Waals surface area contributed by atoms with Crippen LogP contribution in [0.15, 0.2) is 23.2 Å². The Hall–Kier alpha value is -1.69. The lowest BCUT2D eigenvalue weighted by Gasteiger charge is -2.11. The van der Waals surface area contributed by atoms with Gasteiger partial charge in [0.1, 0.15) is 11.6 Å². The summed E-state index contributed by atoms with van der Waals surface area (Å²) in [6.07, 6.45) is 0.843. The lowest BCUT2D eigenvalue weighted by Crippen LogP contribution is -2.38. The Bertz CT molecular complexity index is 438. The van der Waals surface area contributed by atoms with Gasteiger partial charge < -0.3 is 15.4 Å². The number of benzene rings is 1. The highest BCUT2D eigenvalue weighted by molar-refractivity contribution is 5.79. The molecule has 0 amide bonds. The Kier molecular flexibility index (Phi) is 7.57. The Balaban J connectivity index is 2.59. The van der Waals surface area contributed by atoms with Gasteiger partial charge >= 0.3 is 0 Å². The minimum atomic E-state index is -0.463. The predicted molar refractivity (Wildman–Crippen MR) is 75.7 cm³/mol. The van der Waals surface area contributed by atoms with Crippen LogP contribution in [0.5, 0.6) is 0 Å². The number of ether oxygens (including phenoxy) is 1. The molecule has 2 N–H and O–H groups in total. The predicted octanol–water partition coefficient (Wildman–Crippen LogP) is 2.06. The number of halogens is 2. The van der Waals surface area contributed by atoms with Gasteiger partial charge in [-0.05, 0) is 31.5 Å².